The highest BCUT2D eigenvalue weighted by Crippen LogP contribution is 2.31. The van der Waals surface area contributed by atoms with Crippen LogP contribution in [0.4, 0.5) is 13.2 Å². The van der Waals surface area contributed by atoms with E-state index in [-0.39, 0.29) is 6.10 Å². The van der Waals surface area contributed by atoms with Crippen LogP contribution in [0.5, 0.6) is 11.5 Å². The van der Waals surface area contributed by atoms with Crippen molar-refractivity contribution in [2.75, 3.05) is 12.4 Å². The predicted octanol–water partition coefficient (Wildman–Crippen LogP) is 7.39. The highest BCUT2D eigenvalue weighted by Gasteiger charge is 2.30. The number of rotatable bonds is 10. The molecular formula is C23H29F3O2S. The fraction of sp³-hybridized carbons (Fsp3) is 0.478. The zero-order valence-electron chi connectivity index (χ0n) is 17.4. The lowest BCUT2D eigenvalue weighted by atomic mass is 10.1. The van der Waals surface area contributed by atoms with Crippen molar-refractivity contribution in [2.24, 2.45) is 5.92 Å². The third kappa shape index (κ3) is 7.50. The Morgan fingerprint density at radius 1 is 1.00 bits per heavy atom. The Balaban J connectivity index is 1.86. The average molecular weight is 427 g/mol. The highest BCUT2D eigenvalue weighted by atomic mass is 32.2. The molecule has 2 aromatic rings. The van der Waals surface area contributed by atoms with Gasteiger partial charge in [-0.1, -0.05) is 13.8 Å². The van der Waals surface area contributed by atoms with Gasteiger partial charge < -0.3 is 9.47 Å². The molecule has 0 radical (unpaired) electrons. The first kappa shape index (κ1) is 23.5. The third-order valence-corrected chi connectivity index (χ3v) is 6.01. The first-order valence-corrected chi connectivity index (χ1v) is 10.9. The fourth-order valence-electron chi connectivity index (χ4n) is 2.60. The monoisotopic (exact) mass is 426 g/mol. The molecule has 0 aliphatic heterocycles. The zero-order chi connectivity index (χ0) is 21.4. The molecule has 29 heavy (non-hydrogen) atoms. The maximum absolute atomic E-state index is 12.6. The molecule has 0 aliphatic carbocycles. The van der Waals surface area contributed by atoms with E-state index >= 15 is 0 Å². The minimum Gasteiger partial charge on any atom is -0.493 e. The second-order valence-electron chi connectivity index (χ2n) is 7.18. The molecule has 0 saturated heterocycles. The van der Waals surface area contributed by atoms with Crippen molar-refractivity contribution in [1.82, 2.24) is 0 Å². The Bertz CT molecular complexity index is 760. The molecule has 0 heterocycles. The molecule has 2 atom stereocenters. The molecule has 0 aliphatic rings. The molecule has 0 saturated carbocycles. The lowest BCUT2D eigenvalue weighted by molar-refractivity contribution is -0.137. The van der Waals surface area contributed by atoms with Gasteiger partial charge in [-0.15, -0.1) is 11.8 Å². The van der Waals surface area contributed by atoms with Gasteiger partial charge in [0.15, 0.2) is 0 Å². The van der Waals surface area contributed by atoms with Crippen molar-refractivity contribution in [1.29, 1.82) is 0 Å². The summed E-state index contributed by atoms with van der Waals surface area (Å²) in [7, 11) is 0. The van der Waals surface area contributed by atoms with Gasteiger partial charge in [-0.2, -0.15) is 13.2 Å². The number of aryl methyl sites for hydroxylation is 1. The van der Waals surface area contributed by atoms with Gasteiger partial charge in [-0.05, 0) is 74.7 Å². The minimum atomic E-state index is -4.32. The molecule has 0 N–H and O–H groups in total. The first-order chi connectivity index (χ1) is 13.7. The topological polar surface area (TPSA) is 18.5 Å². The predicted molar refractivity (Wildman–Crippen MR) is 113 cm³/mol. The number of hydrogen-bond acceptors (Lipinski definition) is 3. The second-order valence-corrected chi connectivity index (χ2v) is 8.28. The Hall–Kier alpha value is -1.82. The van der Waals surface area contributed by atoms with Gasteiger partial charge in [-0.25, -0.2) is 0 Å². The average Bonchev–Trinajstić information content (AvgIpc) is 2.69. The molecule has 0 fully saturated rings. The zero-order valence-corrected chi connectivity index (χ0v) is 18.2. The number of ether oxygens (including phenoxy) is 2. The molecule has 2 nitrogen and oxygen atoms in total. The quantitative estimate of drug-likeness (QED) is 0.369. The van der Waals surface area contributed by atoms with E-state index in [9.17, 15) is 13.2 Å². The summed E-state index contributed by atoms with van der Waals surface area (Å²) in [5.41, 5.74) is 0.452. The van der Waals surface area contributed by atoms with Gasteiger partial charge in [-0.3, -0.25) is 0 Å². The van der Waals surface area contributed by atoms with Crippen molar-refractivity contribution in [3.05, 3.63) is 53.6 Å². The normalized spacial score (nSPS) is 13.8. The summed E-state index contributed by atoms with van der Waals surface area (Å²) >= 11 is 1.76. The van der Waals surface area contributed by atoms with Crippen molar-refractivity contribution in [2.45, 2.75) is 57.7 Å². The van der Waals surface area contributed by atoms with Crippen LogP contribution in [-0.4, -0.2) is 18.5 Å². The van der Waals surface area contributed by atoms with Crippen LogP contribution in [0, 0.1) is 12.8 Å². The molecule has 0 amide bonds. The Morgan fingerprint density at radius 3 is 2.24 bits per heavy atom. The lowest BCUT2D eigenvalue weighted by Crippen LogP contribution is -2.14. The largest absolute Gasteiger partial charge is 0.493 e. The molecule has 160 valence electrons. The van der Waals surface area contributed by atoms with Crippen LogP contribution in [0.3, 0.4) is 0 Å². The molecule has 6 heteroatoms. The second kappa shape index (κ2) is 10.8. The summed E-state index contributed by atoms with van der Waals surface area (Å²) in [5.74, 6) is 2.56. The van der Waals surface area contributed by atoms with Crippen LogP contribution in [0.25, 0.3) is 0 Å². The minimum absolute atomic E-state index is 0.194. The van der Waals surface area contributed by atoms with Crippen LogP contribution in [0.1, 0.15) is 44.7 Å². The lowest BCUT2D eigenvalue weighted by Gasteiger charge is -2.17. The molecule has 2 rings (SSSR count). The Labute approximate surface area is 175 Å². The fourth-order valence-corrected chi connectivity index (χ4v) is 3.78. The smallest absolute Gasteiger partial charge is 0.416 e. The van der Waals surface area contributed by atoms with E-state index < -0.39 is 11.7 Å². The first-order valence-electron chi connectivity index (χ1n) is 9.93. The van der Waals surface area contributed by atoms with Gasteiger partial charge in [0, 0.05) is 16.6 Å². The summed E-state index contributed by atoms with van der Waals surface area (Å²) < 4.78 is 49.5. The maximum atomic E-state index is 12.6. The molecule has 2 unspecified atom stereocenters. The SMILES string of the molecule is CCC(COc1ccc(C(F)(F)F)cc1)CSc1ccc(OC(C)CC)c(C)c1. The number of hydrogen-bond donors (Lipinski definition) is 0. The van der Waals surface area contributed by atoms with Crippen LogP contribution in [0.15, 0.2) is 47.4 Å². The Morgan fingerprint density at radius 2 is 1.69 bits per heavy atom. The summed E-state index contributed by atoms with van der Waals surface area (Å²) in [4.78, 5) is 1.17. The van der Waals surface area contributed by atoms with Crippen molar-refractivity contribution in [3.8, 4) is 11.5 Å². The molecule has 2 aromatic carbocycles. The van der Waals surface area contributed by atoms with Crippen LogP contribution in [-0.2, 0) is 6.18 Å². The summed E-state index contributed by atoms with van der Waals surface area (Å²) in [6.45, 7) is 8.78. The highest BCUT2D eigenvalue weighted by molar-refractivity contribution is 7.99. The number of halogens is 3. The van der Waals surface area contributed by atoms with E-state index in [0.717, 1.165) is 42.0 Å². The van der Waals surface area contributed by atoms with Crippen LogP contribution in [0.2, 0.25) is 0 Å². The van der Waals surface area contributed by atoms with Gasteiger partial charge in [0.2, 0.25) is 0 Å². The van der Waals surface area contributed by atoms with E-state index in [0.29, 0.717) is 18.3 Å². The summed E-state index contributed by atoms with van der Waals surface area (Å²) in [5, 5.41) is 0. The van der Waals surface area contributed by atoms with Crippen LogP contribution >= 0.6 is 11.8 Å². The van der Waals surface area contributed by atoms with E-state index in [1.807, 2.05) is 13.0 Å². The van der Waals surface area contributed by atoms with Crippen molar-refractivity contribution < 1.29 is 22.6 Å². The summed E-state index contributed by atoms with van der Waals surface area (Å²) in [6, 6.07) is 11.1. The number of alkyl halides is 3. The van der Waals surface area contributed by atoms with Gasteiger partial charge in [0.25, 0.3) is 0 Å². The number of thioether (sulfide) groups is 1. The molecular weight excluding hydrogens is 397 g/mol. The van der Waals surface area contributed by atoms with Crippen molar-refractivity contribution >= 4 is 11.8 Å². The van der Waals surface area contributed by atoms with E-state index in [2.05, 4.69) is 32.9 Å². The summed E-state index contributed by atoms with van der Waals surface area (Å²) in [6.07, 6.45) is -2.23. The molecule has 0 bridgehead atoms. The molecule has 0 aromatic heterocycles. The van der Waals surface area contributed by atoms with Gasteiger partial charge in [0.1, 0.15) is 11.5 Å². The van der Waals surface area contributed by atoms with Crippen LogP contribution < -0.4 is 9.47 Å². The van der Waals surface area contributed by atoms with Gasteiger partial charge in [0.05, 0.1) is 18.3 Å². The standard InChI is InChI=1S/C23H29F3O2S/c1-5-17(4)28-22-12-11-21(13-16(22)3)29-15-18(6-2)14-27-20-9-7-19(8-10-20)23(24,25)26/h7-13,17-18H,5-6,14-15H2,1-4H3. The van der Waals surface area contributed by atoms with E-state index in [1.165, 1.54) is 17.0 Å². The maximum Gasteiger partial charge on any atom is 0.416 e. The van der Waals surface area contributed by atoms with Gasteiger partial charge >= 0.3 is 6.18 Å². The van der Waals surface area contributed by atoms with Crippen molar-refractivity contribution in [3.63, 3.8) is 0 Å². The third-order valence-electron chi connectivity index (χ3n) is 4.78. The van der Waals surface area contributed by atoms with E-state index in [1.54, 1.807) is 11.8 Å². The molecule has 0 spiro atoms. The Kier molecular flexibility index (Phi) is 8.75. The van der Waals surface area contributed by atoms with E-state index in [4.69, 9.17) is 9.47 Å². The number of benzene rings is 2.